The topological polar surface area (TPSA) is 73.4 Å². The Balaban J connectivity index is 1.39. The zero-order valence-electron chi connectivity index (χ0n) is 16.9. The maximum atomic E-state index is 13.4. The number of H-pyrrole nitrogens is 1. The number of pyridine rings is 2. The van der Waals surface area contributed by atoms with Gasteiger partial charge < -0.3 is 19.2 Å². The lowest BCUT2D eigenvalue weighted by molar-refractivity contribution is 0.0593. The molecule has 0 spiro atoms. The van der Waals surface area contributed by atoms with Crippen LogP contribution < -0.4 is 14.9 Å². The van der Waals surface area contributed by atoms with Crippen LogP contribution in [0.4, 0.5) is 4.39 Å². The zero-order chi connectivity index (χ0) is 20.9. The Morgan fingerprint density at radius 2 is 2.03 bits per heavy atom. The zero-order valence-corrected chi connectivity index (χ0v) is 16.9. The van der Waals surface area contributed by atoms with E-state index in [0.29, 0.717) is 46.3 Å². The highest BCUT2D eigenvalue weighted by Crippen LogP contribution is 2.21. The van der Waals surface area contributed by atoms with Crippen LogP contribution in [0.15, 0.2) is 41.3 Å². The van der Waals surface area contributed by atoms with Gasteiger partial charge in [0, 0.05) is 41.9 Å². The minimum absolute atomic E-state index is 0.146. The van der Waals surface area contributed by atoms with Gasteiger partial charge in [-0.05, 0) is 56.4 Å². The number of halogens is 1. The Kier molecular flexibility index (Phi) is 6.28. The van der Waals surface area contributed by atoms with Gasteiger partial charge in [-0.15, -0.1) is 0 Å². The summed E-state index contributed by atoms with van der Waals surface area (Å²) in [5.74, 6) is 1.33. The Labute approximate surface area is 174 Å². The van der Waals surface area contributed by atoms with Gasteiger partial charge >= 0.3 is 0 Å². The second-order valence-electron chi connectivity index (χ2n) is 7.56. The number of aromatic nitrogens is 2. The van der Waals surface area contributed by atoms with E-state index < -0.39 is 5.82 Å². The van der Waals surface area contributed by atoms with Gasteiger partial charge in [0.25, 0.3) is 0 Å². The summed E-state index contributed by atoms with van der Waals surface area (Å²) in [6, 6.07) is 7.66. The summed E-state index contributed by atoms with van der Waals surface area (Å²) in [6.07, 6.45) is 4.81. The number of fused-ring (bicyclic) bond motifs is 1. The molecule has 6 nitrogen and oxygen atoms in total. The largest absolute Gasteiger partial charge is 0.493 e. The van der Waals surface area contributed by atoms with Crippen LogP contribution in [-0.2, 0) is 11.3 Å². The van der Waals surface area contributed by atoms with Crippen LogP contribution in [0.2, 0.25) is 0 Å². The number of benzene rings is 1. The third kappa shape index (κ3) is 4.79. The summed E-state index contributed by atoms with van der Waals surface area (Å²) in [6.45, 7) is 4.16. The molecule has 30 heavy (non-hydrogen) atoms. The molecule has 3 aromatic rings. The average molecular weight is 412 g/mol. The number of nitrogens with zero attached hydrogens (tertiary/aromatic N) is 1. The molecule has 4 rings (SSSR count). The molecule has 1 aliphatic rings. The van der Waals surface area contributed by atoms with Gasteiger partial charge in [0.1, 0.15) is 18.2 Å². The van der Waals surface area contributed by atoms with Crippen molar-refractivity contribution in [3.63, 3.8) is 0 Å². The van der Waals surface area contributed by atoms with E-state index in [0.717, 1.165) is 32.5 Å². The van der Waals surface area contributed by atoms with Crippen LogP contribution >= 0.6 is 0 Å². The first-order valence-electron chi connectivity index (χ1n) is 10.2. The van der Waals surface area contributed by atoms with E-state index in [1.165, 1.54) is 12.1 Å². The second-order valence-corrected chi connectivity index (χ2v) is 7.56. The van der Waals surface area contributed by atoms with Crippen molar-refractivity contribution in [2.24, 2.45) is 5.92 Å². The smallest absolute Gasteiger partial charge is 0.217 e. The minimum Gasteiger partial charge on any atom is -0.493 e. The number of ether oxygens (including phenoxy) is 3. The third-order valence-electron chi connectivity index (χ3n) is 5.51. The fourth-order valence-electron chi connectivity index (χ4n) is 3.64. The quantitative estimate of drug-likeness (QED) is 0.631. The molecular weight excluding hydrogens is 387 g/mol. The number of rotatable bonds is 7. The standard InChI is InChI=1S/C23H25FN2O4/c1-15-21(26-20-3-2-17(24)12-19(20)23(15)27)14-30-22-13-18(4-8-25-22)29-11-7-16-5-9-28-10-6-16/h2-4,8,12-13,16H,5-7,9-11,14H2,1H3,(H,26,27). The van der Waals surface area contributed by atoms with Gasteiger partial charge in [0.15, 0.2) is 5.43 Å². The van der Waals surface area contributed by atoms with Crippen LogP contribution in [0, 0.1) is 18.7 Å². The Bertz CT molecular complexity index is 1080. The van der Waals surface area contributed by atoms with Gasteiger partial charge in [0.2, 0.25) is 5.88 Å². The van der Waals surface area contributed by atoms with Crippen molar-refractivity contribution in [3.05, 3.63) is 63.8 Å². The number of aromatic amines is 1. The molecule has 2 aromatic heterocycles. The van der Waals surface area contributed by atoms with Gasteiger partial charge in [-0.3, -0.25) is 4.79 Å². The SMILES string of the molecule is Cc1c(COc2cc(OCCC3CCOCC3)ccn2)[nH]c2ccc(F)cc2c1=O. The monoisotopic (exact) mass is 412 g/mol. The van der Waals surface area contributed by atoms with E-state index in [4.69, 9.17) is 14.2 Å². The summed E-state index contributed by atoms with van der Waals surface area (Å²) < 4.78 is 30.5. The van der Waals surface area contributed by atoms with Crippen molar-refractivity contribution in [2.75, 3.05) is 19.8 Å². The Morgan fingerprint density at radius 1 is 1.20 bits per heavy atom. The molecule has 1 saturated heterocycles. The van der Waals surface area contributed by atoms with E-state index in [-0.39, 0.29) is 12.0 Å². The lowest BCUT2D eigenvalue weighted by Gasteiger charge is -2.21. The van der Waals surface area contributed by atoms with Crippen LogP contribution in [0.3, 0.4) is 0 Å². The molecule has 7 heteroatoms. The second kappa shape index (κ2) is 9.26. The molecule has 1 aromatic carbocycles. The summed E-state index contributed by atoms with van der Waals surface area (Å²) >= 11 is 0. The van der Waals surface area contributed by atoms with E-state index in [9.17, 15) is 9.18 Å². The van der Waals surface area contributed by atoms with Crippen molar-refractivity contribution in [1.29, 1.82) is 0 Å². The first-order valence-corrected chi connectivity index (χ1v) is 10.2. The maximum absolute atomic E-state index is 13.4. The lowest BCUT2D eigenvalue weighted by atomic mass is 9.97. The van der Waals surface area contributed by atoms with Crippen molar-refractivity contribution in [1.82, 2.24) is 9.97 Å². The molecule has 0 bridgehead atoms. The van der Waals surface area contributed by atoms with E-state index >= 15 is 0 Å². The predicted molar refractivity (Wildman–Crippen MR) is 111 cm³/mol. The van der Waals surface area contributed by atoms with Crippen LogP contribution in [-0.4, -0.2) is 29.8 Å². The molecule has 0 aliphatic carbocycles. The predicted octanol–water partition coefficient (Wildman–Crippen LogP) is 4.15. The van der Waals surface area contributed by atoms with Gasteiger partial charge in [-0.2, -0.15) is 0 Å². The molecular formula is C23H25FN2O4. The van der Waals surface area contributed by atoms with Crippen molar-refractivity contribution in [2.45, 2.75) is 32.8 Å². The van der Waals surface area contributed by atoms with Crippen LogP contribution in [0.25, 0.3) is 10.9 Å². The molecule has 158 valence electrons. The summed E-state index contributed by atoms with van der Waals surface area (Å²) in [5.41, 5.74) is 1.49. The van der Waals surface area contributed by atoms with Gasteiger partial charge in [-0.25, -0.2) is 9.37 Å². The minimum atomic E-state index is -0.436. The lowest BCUT2D eigenvalue weighted by Crippen LogP contribution is -2.17. The normalized spacial score (nSPS) is 14.7. The van der Waals surface area contributed by atoms with Crippen molar-refractivity contribution in [3.8, 4) is 11.6 Å². The van der Waals surface area contributed by atoms with Gasteiger partial charge in [0.05, 0.1) is 12.3 Å². The number of nitrogens with one attached hydrogen (secondary N) is 1. The number of hydrogen-bond donors (Lipinski definition) is 1. The highest BCUT2D eigenvalue weighted by Gasteiger charge is 2.14. The van der Waals surface area contributed by atoms with Crippen molar-refractivity contribution >= 4 is 10.9 Å². The fourth-order valence-corrected chi connectivity index (χ4v) is 3.64. The number of hydrogen-bond acceptors (Lipinski definition) is 5. The van der Waals surface area contributed by atoms with Crippen LogP contribution in [0.1, 0.15) is 30.5 Å². The molecule has 0 saturated carbocycles. The molecule has 1 N–H and O–H groups in total. The molecule has 0 unspecified atom stereocenters. The maximum Gasteiger partial charge on any atom is 0.217 e. The third-order valence-corrected chi connectivity index (χ3v) is 5.51. The summed E-state index contributed by atoms with van der Waals surface area (Å²) in [5, 5.41) is 0.328. The van der Waals surface area contributed by atoms with E-state index in [1.807, 2.05) is 0 Å². The first-order chi connectivity index (χ1) is 14.6. The molecule has 0 radical (unpaired) electrons. The Hall–Kier alpha value is -2.93. The first kappa shape index (κ1) is 20.3. The van der Waals surface area contributed by atoms with E-state index in [1.54, 1.807) is 31.3 Å². The molecule has 1 fully saturated rings. The molecule has 1 aliphatic heterocycles. The van der Waals surface area contributed by atoms with Crippen LogP contribution in [0.5, 0.6) is 11.6 Å². The summed E-state index contributed by atoms with van der Waals surface area (Å²) in [4.78, 5) is 19.9. The molecule has 3 heterocycles. The van der Waals surface area contributed by atoms with Crippen molar-refractivity contribution < 1.29 is 18.6 Å². The fraction of sp³-hybridized carbons (Fsp3) is 0.391. The van der Waals surface area contributed by atoms with Gasteiger partial charge in [-0.1, -0.05) is 0 Å². The highest BCUT2D eigenvalue weighted by atomic mass is 19.1. The van der Waals surface area contributed by atoms with E-state index in [2.05, 4.69) is 9.97 Å². The summed E-state index contributed by atoms with van der Waals surface area (Å²) in [7, 11) is 0. The average Bonchev–Trinajstić information content (AvgIpc) is 2.77. The Morgan fingerprint density at radius 3 is 2.87 bits per heavy atom. The molecule has 0 amide bonds. The molecule has 0 atom stereocenters. The highest BCUT2D eigenvalue weighted by molar-refractivity contribution is 5.79.